The number of carbonyl (C=O) groups excluding carboxylic acids is 1. The summed E-state index contributed by atoms with van der Waals surface area (Å²) in [5.41, 5.74) is 9.11. The Kier molecular flexibility index (Phi) is 8.90. The smallest absolute Gasteiger partial charge is 0.254 e. The standard InChI is InChI=1S/C22H28N4O.2ClH/c23-9-6-17-2-1-3-18(12-17)13-25-14-19-4-5-21(25)16-26(15-19)22(27)20-7-10-24-11-8-20;;/h1-3,7-8,10-12,19,21H,4-6,9,13-16,23H2;2*1H/t19-,21-;;/m1../s1. The molecular formula is C22H30Cl2N4O. The SMILES string of the molecule is Cl.Cl.NCCc1cccc(CN2C[C@H]3CC[C@@H]2CN(C(=O)c2ccncc2)C3)c1. The van der Waals surface area contributed by atoms with Gasteiger partial charge in [-0.15, -0.1) is 24.8 Å². The molecule has 2 bridgehead atoms. The molecule has 1 amide bonds. The number of nitrogens with zero attached hydrogens (tertiary/aromatic N) is 3. The van der Waals surface area contributed by atoms with E-state index in [1.165, 1.54) is 24.0 Å². The third-order valence-electron chi connectivity index (χ3n) is 5.85. The molecular weight excluding hydrogens is 407 g/mol. The van der Waals surface area contributed by atoms with E-state index in [0.29, 0.717) is 18.5 Å². The molecule has 0 unspecified atom stereocenters. The number of amides is 1. The van der Waals surface area contributed by atoms with Gasteiger partial charge in [-0.1, -0.05) is 24.3 Å². The van der Waals surface area contributed by atoms with Crippen LogP contribution in [-0.2, 0) is 13.0 Å². The zero-order valence-corrected chi connectivity index (χ0v) is 18.2. The first-order chi connectivity index (χ1) is 13.2. The minimum absolute atomic E-state index is 0. The van der Waals surface area contributed by atoms with E-state index in [-0.39, 0.29) is 30.7 Å². The second kappa shape index (κ2) is 10.9. The normalized spacial score (nSPS) is 21.1. The van der Waals surface area contributed by atoms with E-state index in [2.05, 4.69) is 39.0 Å². The van der Waals surface area contributed by atoms with Gasteiger partial charge in [0.2, 0.25) is 0 Å². The van der Waals surface area contributed by atoms with Gasteiger partial charge >= 0.3 is 0 Å². The van der Waals surface area contributed by atoms with Crippen LogP contribution in [0, 0.1) is 5.92 Å². The maximum absolute atomic E-state index is 12.9. The molecule has 0 radical (unpaired) electrons. The van der Waals surface area contributed by atoms with Gasteiger partial charge in [0.25, 0.3) is 5.91 Å². The van der Waals surface area contributed by atoms with Gasteiger partial charge in [0.05, 0.1) is 0 Å². The number of piperidine rings is 1. The Hall–Kier alpha value is -1.66. The first kappa shape index (κ1) is 23.6. The molecule has 5 nitrogen and oxygen atoms in total. The van der Waals surface area contributed by atoms with Crippen LogP contribution in [-0.4, -0.2) is 52.9 Å². The van der Waals surface area contributed by atoms with Crippen molar-refractivity contribution in [2.45, 2.75) is 31.8 Å². The van der Waals surface area contributed by atoms with E-state index in [4.69, 9.17) is 5.73 Å². The Morgan fingerprint density at radius 1 is 1.03 bits per heavy atom. The first-order valence-electron chi connectivity index (χ1n) is 9.94. The van der Waals surface area contributed by atoms with Crippen molar-refractivity contribution in [3.05, 3.63) is 65.5 Å². The molecule has 3 saturated heterocycles. The Morgan fingerprint density at radius 3 is 2.55 bits per heavy atom. The molecule has 3 aliphatic rings. The molecule has 1 aromatic carbocycles. The van der Waals surface area contributed by atoms with Crippen molar-refractivity contribution in [1.82, 2.24) is 14.8 Å². The second-order valence-corrected chi connectivity index (χ2v) is 7.83. The summed E-state index contributed by atoms with van der Waals surface area (Å²) >= 11 is 0. The zero-order chi connectivity index (χ0) is 18.6. The Balaban J connectivity index is 0.00000150. The molecule has 2 atom stereocenters. The highest BCUT2D eigenvalue weighted by atomic mass is 35.5. The van der Waals surface area contributed by atoms with Crippen LogP contribution in [0.4, 0.5) is 0 Å². The van der Waals surface area contributed by atoms with E-state index >= 15 is 0 Å². The van der Waals surface area contributed by atoms with Crippen LogP contribution < -0.4 is 5.73 Å². The van der Waals surface area contributed by atoms with Crippen LogP contribution in [0.2, 0.25) is 0 Å². The quantitative estimate of drug-likeness (QED) is 0.781. The van der Waals surface area contributed by atoms with Gasteiger partial charge in [0, 0.05) is 50.2 Å². The molecule has 3 fully saturated rings. The van der Waals surface area contributed by atoms with Crippen LogP contribution >= 0.6 is 24.8 Å². The highest BCUT2D eigenvalue weighted by Gasteiger charge is 2.36. The lowest BCUT2D eigenvalue weighted by molar-refractivity contribution is 0.0736. The van der Waals surface area contributed by atoms with Crippen molar-refractivity contribution in [2.75, 3.05) is 26.2 Å². The van der Waals surface area contributed by atoms with Gasteiger partial charge in [0.1, 0.15) is 0 Å². The summed E-state index contributed by atoms with van der Waals surface area (Å²) in [5, 5.41) is 0. The van der Waals surface area contributed by atoms with Crippen molar-refractivity contribution in [3.8, 4) is 0 Å². The molecule has 0 aliphatic carbocycles. The monoisotopic (exact) mass is 436 g/mol. The number of fused-ring (bicyclic) bond motifs is 4. The molecule has 2 N–H and O–H groups in total. The van der Waals surface area contributed by atoms with Crippen molar-refractivity contribution >= 4 is 30.7 Å². The lowest BCUT2D eigenvalue weighted by Gasteiger charge is -2.36. The highest BCUT2D eigenvalue weighted by Crippen LogP contribution is 2.30. The van der Waals surface area contributed by atoms with Crippen molar-refractivity contribution in [2.24, 2.45) is 11.7 Å². The highest BCUT2D eigenvalue weighted by molar-refractivity contribution is 5.94. The number of hydrogen-bond acceptors (Lipinski definition) is 4. The number of hydrogen-bond donors (Lipinski definition) is 1. The average Bonchev–Trinajstić information content (AvgIpc) is 3.01. The Morgan fingerprint density at radius 2 is 1.79 bits per heavy atom. The van der Waals surface area contributed by atoms with Gasteiger partial charge < -0.3 is 10.6 Å². The second-order valence-electron chi connectivity index (χ2n) is 7.83. The molecule has 29 heavy (non-hydrogen) atoms. The van der Waals surface area contributed by atoms with Crippen LogP contribution in [0.15, 0.2) is 48.8 Å². The van der Waals surface area contributed by atoms with Gasteiger partial charge in [-0.2, -0.15) is 0 Å². The molecule has 4 heterocycles. The van der Waals surface area contributed by atoms with E-state index in [1.54, 1.807) is 12.4 Å². The summed E-state index contributed by atoms with van der Waals surface area (Å²) in [6.07, 6.45) is 6.70. The van der Waals surface area contributed by atoms with E-state index in [0.717, 1.165) is 38.2 Å². The minimum Gasteiger partial charge on any atom is -0.337 e. The molecule has 0 saturated carbocycles. The fourth-order valence-corrected chi connectivity index (χ4v) is 4.50. The summed E-state index contributed by atoms with van der Waals surface area (Å²) in [5.74, 6) is 0.697. The zero-order valence-electron chi connectivity index (χ0n) is 16.6. The maximum atomic E-state index is 12.9. The lowest BCUT2D eigenvalue weighted by Crippen LogP contribution is -2.43. The number of nitrogens with two attached hydrogens (primary N) is 1. The summed E-state index contributed by atoms with van der Waals surface area (Å²) in [7, 11) is 0. The van der Waals surface area contributed by atoms with Crippen molar-refractivity contribution in [1.29, 1.82) is 0 Å². The topological polar surface area (TPSA) is 62.5 Å². The van der Waals surface area contributed by atoms with E-state index < -0.39 is 0 Å². The van der Waals surface area contributed by atoms with Crippen LogP contribution in [0.3, 0.4) is 0 Å². The summed E-state index contributed by atoms with van der Waals surface area (Å²) in [6, 6.07) is 12.8. The Labute approximate surface area is 185 Å². The molecule has 2 aromatic rings. The van der Waals surface area contributed by atoms with Crippen LogP contribution in [0.25, 0.3) is 0 Å². The molecule has 1 aromatic heterocycles. The molecule has 3 aliphatic heterocycles. The number of benzene rings is 1. The molecule has 5 rings (SSSR count). The number of aromatic nitrogens is 1. The molecule has 0 spiro atoms. The molecule has 7 heteroatoms. The predicted molar refractivity (Wildman–Crippen MR) is 121 cm³/mol. The number of carbonyl (C=O) groups is 1. The summed E-state index contributed by atoms with van der Waals surface area (Å²) in [4.78, 5) is 21.6. The molecule has 158 valence electrons. The lowest BCUT2D eigenvalue weighted by atomic mass is 9.94. The van der Waals surface area contributed by atoms with Crippen LogP contribution in [0.1, 0.15) is 34.3 Å². The Bertz CT molecular complexity index is 789. The summed E-state index contributed by atoms with van der Waals surface area (Å²) < 4.78 is 0. The van der Waals surface area contributed by atoms with E-state index in [1.807, 2.05) is 12.1 Å². The first-order valence-corrected chi connectivity index (χ1v) is 9.94. The fourth-order valence-electron chi connectivity index (χ4n) is 4.50. The van der Waals surface area contributed by atoms with Crippen molar-refractivity contribution in [3.63, 3.8) is 0 Å². The number of pyridine rings is 1. The maximum Gasteiger partial charge on any atom is 0.254 e. The van der Waals surface area contributed by atoms with E-state index in [9.17, 15) is 4.79 Å². The summed E-state index contributed by atoms with van der Waals surface area (Å²) in [6.45, 7) is 4.40. The van der Waals surface area contributed by atoms with Gasteiger partial charge in [-0.25, -0.2) is 0 Å². The third-order valence-corrected chi connectivity index (χ3v) is 5.85. The average molecular weight is 437 g/mol. The van der Waals surface area contributed by atoms with Crippen LogP contribution in [0.5, 0.6) is 0 Å². The van der Waals surface area contributed by atoms with Gasteiger partial charge in [-0.3, -0.25) is 14.7 Å². The fraction of sp³-hybridized carbons (Fsp3) is 0.455. The third kappa shape index (κ3) is 5.70. The van der Waals surface area contributed by atoms with Gasteiger partial charge in [-0.05, 0) is 55.0 Å². The minimum atomic E-state index is 0. The van der Waals surface area contributed by atoms with Gasteiger partial charge in [0.15, 0.2) is 0 Å². The largest absolute Gasteiger partial charge is 0.337 e. The number of halogens is 2. The van der Waals surface area contributed by atoms with Crippen molar-refractivity contribution < 1.29 is 4.79 Å². The predicted octanol–water partition coefficient (Wildman–Crippen LogP) is 3.16. The number of rotatable bonds is 5.